The second kappa shape index (κ2) is 7.41. The van der Waals surface area contributed by atoms with Crippen LogP contribution in [0.4, 0.5) is 4.79 Å². The van der Waals surface area contributed by atoms with Gasteiger partial charge in [0.1, 0.15) is 6.04 Å². The third-order valence-corrected chi connectivity index (χ3v) is 3.06. The van der Waals surface area contributed by atoms with Gasteiger partial charge in [-0.3, -0.25) is 0 Å². The Morgan fingerprint density at radius 2 is 1.89 bits per heavy atom. The summed E-state index contributed by atoms with van der Waals surface area (Å²) in [4.78, 5) is 22.7. The number of carboxylic acids is 1. The number of benzene rings is 1. The van der Waals surface area contributed by atoms with E-state index in [1.807, 2.05) is 37.3 Å². The highest BCUT2D eigenvalue weighted by Gasteiger charge is 2.24. The number of carbonyl (C=O) groups is 2. The highest BCUT2D eigenvalue weighted by Crippen LogP contribution is 2.07. The third kappa shape index (κ3) is 4.99. The number of rotatable bonds is 6. The van der Waals surface area contributed by atoms with Crippen molar-refractivity contribution in [3.05, 3.63) is 35.9 Å². The average molecular weight is 264 g/mol. The number of urea groups is 1. The number of hydrogen-bond donors (Lipinski definition) is 3. The van der Waals surface area contributed by atoms with Gasteiger partial charge in [0.05, 0.1) is 0 Å². The highest BCUT2D eigenvalue weighted by atomic mass is 16.4. The summed E-state index contributed by atoms with van der Waals surface area (Å²) >= 11 is 0. The van der Waals surface area contributed by atoms with E-state index in [0.29, 0.717) is 13.0 Å². The Morgan fingerprint density at radius 1 is 1.26 bits per heavy atom. The molecule has 0 spiro atoms. The van der Waals surface area contributed by atoms with E-state index in [1.54, 1.807) is 6.92 Å². The van der Waals surface area contributed by atoms with Gasteiger partial charge >= 0.3 is 12.0 Å². The molecular weight excluding hydrogens is 244 g/mol. The molecular formula is C14H20N2O3. The number of carboxylic acid groups (broad SMARTS) is 1. The van der Waals surface area contributed by atoms with Gasteiger partial charge in [-0.25, -0.2) is 9.59 Å². The zero-order chi connectivity index (χ0) is 14.3. The molecule has 1 rings (SSSR count). The van der Waals surface area contributed by atoms with E-state index in [1.165, 1.54) is 0 Å². The van der Waals surface area contributed by atoms with Crippen LogP contribution >= 0.6 is 0 Å². The second-order valence-corrected chi connectivity index (χ2v) is 4.51. The van der Waals surface area contributed by atoms with Crippen molar-refractivity contribution in [2.45, 2.75) is 32.9 Å². The van der Waals surface area contributed by atoms with Gasteiger partial charge in [-0.1, -0.05) is 50.6 Å². The van der Waals surface area contributed by atoms with Gasteiger partial charge in [-0.2, -0.15) is 0 Å². The molecule has 1 aromatic carbocycles. The van der Waals surface area contributed by atoms with Crippen molar-refractivity contribution in [2.75, 3.05) is 0 Å². The predicted octanol–water partition coefficient (Wildman–Crippen LogP) is 1.99. The van der Waals surface area contributed by atoms with E-state index in [2.05, 4.69) is 10.6 Å². The van der Waals surface area contributed by atoms with E-state index in [4.69, 9.17) is 5.11 Å². The van der Waals surface area contributed by atoms with E-state index in [9.17, 15) is 9.59 Å². The van der Waals surface area contributed by atoms with Gasteiger partial charge < -0.3 is 15.7 Å². The molecule has 3 N–H and O–H groups in total. The molecule has 0 radical (unpaired) electrons. The van der Waals surface area contributed by atoms with Crippen molar-refractivity contribution in [3.8, 4) is 0 Å². The van der Waals surface area contributed by atoms with Gasteiger partial charge in [0.15, 0.2) is 0 Å². The molecule has 0 heterocycles. The summed E-state index contributed by atoms with van der Waals surface area (Å²) in [7, 11) is 0. The molecule has 0 saturated heterocycles. The first kappa shape index (κ1) is 15.0. The Bertz CT molecular complexity index is 420. The smallest absolute Gasteiger partial charge is 0.326 e. The molecule has 0 aliphatic carbocycles. The fraction of sp³-hybridized carbons (Fsp3) is 0.429. The monoisotopic (exact) mass is 264 g/mol. The number of hydrogen-bond acceptors (Lipinski definition) is 2. The molecule has 0 aliphatic rings. The van der Waals surface area contributed by atoms with E-state index in [-0.39, 0.29) is 5.92 Å². The minimum absolute atomic E-state index is 0.111. The first-order chi connectivity index (χ1) is 9.04. The van der Waals surface area contributed by atoms with Gasteiger partial charge in [0.25, 0.3) is 0 Å². The van der Waals surface area contributed by atoms with Crippen LogP contribution in [0.15, 0.2) is 30.3 Å². The molecule has 1 unspecified atom stereocenters. The van der Waals surface area contributed by atoms with Crippen molar-refractivity contribution in [3.63, 3.8) is 0 Å². The summed E-state index contributed by atoms with van der Waals surface area (Å²) in [6.07, 6.45) is 0.690. The van der Waals surface area contributed by atoms with Crippen LogP contribution < -0.4 is 10.6 Å². The molecule has 2 atom stereocenters. The quantitative estimate of drug-likeness (QED) is 0.735. The third-order valence-electron chi connectivity index (χ3n) is 3.06. The molecule has 104 valence electrons. The van der Waals surface area contributed by atoms with Crippen LogP contribution in [0.2, 0.25) is 0 Å². The van der Waals surface area contributed by atoms with E-state index < -0.39 is 18.0 Å². The fourth-order valence-electron chi connectivity index (χ4n) is 1.65. The van der Waals surface area contributed by atoms with Gasteiger partial charge in [0, 0.05) is 6.54 Å². The summed E-state index contributed by atoms with van der Waals surface area (Å²) in [5, 5.41) is 14.2. The van der Waals surface area contributed by atoms with Crippen LogP contribution in [-0.2, 0) is 11.3 Å². The van der Waals surface area contributed by atoms with Crippen LogP contribution in [0.1, 0.15) is 25.8 Å². The van der Waals surface area contributed by atoms with Gasteiger partial charge in [0.2, 0.25) is 0 Å². The Labute approximate surface area is 113 Å². The first-order valence-corrected chi connectivity index (χ1v) is 6.35. The van der Waals surface area contributed by atoms with Crippen molar-refractivity contribution in [1.82, 2.24) is 10.6 Å². The SMILES string of the molecule is CCC(C)[C@H](NC(=O)NCc1ccccc1)C(=O)O. The fourth-order valence-corrected chi connectivity index (χ4v) is 1.65. The van der Waals surface area contributed by atoms with Crippen LogP contribution in [-0.4, -0.2) is 23.1 Å². The summed E-state index contributed by atoms with van der Waals surface area (Å²) in [5.74, 6) is -1.12. The molecule has 5 heteroatoms. The Kier molecular flexibility index (Phi) is 5.85. The molecule has 2 amide bonds. The lowest BCUT2D eigenvalue weighted by Gasteiger charge is -2.20. The summed E-state index contributed by atoms with van der Waals surface area (Å²) in [5.41, 5.74) is 0.966. The molecule has 19 heavy (non-hydrogen) atoms. The van der Waals surface area contributed by atoms with Crippen LogP contribution in [0, 0.1) is 5.92 Å². The van der Waals surface area contributed by atoms with E-state index in [0.717, 1.165) is 5.56 Å². The Balaban J connectivity index is 2.47. The number of nitrogens with one attached hydrogen (secondary N) is 2. The Morgan fingerprint density at radius 3 is 2.42 bits per heavy atom. The number of amides is 2. The lowest BCUT2D eigenvalue weighted by atomic mass is 9.99. The zero-order valence-electron chi connectivity index (χ0n) is 11.2. The average Bonchev–Trinajstić information content (AvgIpc) is 2.42. The van der Waals surface area contributed by atoms with Gasteiger partial charge in [-0.05, 0) is 11.5 Å². The predicted molar refractivity (Wildman–Crippen MR) is 72.7 cm³/mol. The maximum Gasteiger partial charge on any atom is 0.326 e. The second-order valence-electron chi connectivity index (χ2n) is 4.51. The highest BCUT2D eigenvalue weighted by molar-refractivity contribution is 5.82. The zero-order valence-corrected chi connectivity index (χ0v) is 11.2. The topological polar surface area (TPSA) is 78.4 Å². The minimum atomic E-state index is -1.01. The lowest BCUT2D eigenvalue weighted by molar-refractivity contribution is -0.140. The molecule has 0 aliphatic heterocycles. The summed E-state index contributed by atoms with van der Waals surface area (Å²) in [6.45, 7) is 4.07. The van der Waals surface area contributed by atoms with Crippen molar-refractivity contribution in [2.24, 2.45) is 5.92 Å². The summed E-state index contributed by atoms with van der Waals surface area (Å²) < 4.78 is 0. The molecule has 1 aromatic rings. The minimum Gasteiger partial charge on any atom is -0.480 e. The Hall–Kier alpha value is -2.04. The number of carbonyl (C=O) groups excluding carboxylic acids is 1. The molecule has 0 fully saturated rings. The molecule has 5 nitrogen and oxygen atoms in total. The largest absolute Gasteiger partial charge is 0.480 e. The van der Waals surface area contributed by atoms with Crippen molar-refractivity contribution >= 4 is 12.0 Å². The maximum atomic E-state index is 11.7. The number of aliphatic carboxylic acids is 1. The van der Waals surface area contributed by atoms with Gasteiger partial charge in [-0.15, -0.1) is 0 Å². The maximum absolute atomic E-state index is 11.7. The standard InChI is InChI=1S/C14H20N2O3/c1-3-10(2)12(13(17)18)16-14(19)15-9-11-7-5-4-6-8-11/h4-8,10,12H,3,9H2,1-2H3,(H,17,18)(H2,15,16,19)/t10?,12-/m0/s1. The molecule has 0 saturated carbocycles. The summed E-state index contributed by atoms with van der Waals surface area (Å²) in [6, 6.07) is 8.12. The van der Waals surface area contributed by atoms with Crippen molar-refractivity contribution < 1.29 is 14.7 Å². The van der Waals surface area contributed by atoms with E-state index >= 15 is 0 Å². The van der Waals surface area contributed by atoms with Crippen molar-refractivity contribution in [1.29, 1.82) is 0 Å². The van der Waals surface area contributed by atoms with Crippen LogP contribution in [0.25, 0.3) is 0 Å². The molecule has 0 bridgehead atoms. The lowest BCUT2D eigenvalue weighted by Crippen LogP contribution is -2.48. The normalized spacial score (nSPS) is 13.4. The first-order valence-electron chi connectivity index (χ1n) is 6.35. The van der Waals surface area contributed by atoms with Crippen LogP contribution in [0.3, 0.4) is 0 Å². The van der Waals surface area contributed by atoms with Crippen LogP contribution in [0.5, 0.6) is 0 Å². The molecule has 0 aromatic heterocycles.